The standard InChI is InChI=1S/C15H16F2N3O2P3/c16-24-18-23(14-8-3-1-4-9-14,15-10-5-2-6-11-15)19-25(17,20-24)22-13-7-12-21-24/h1-6,8-11H,7,12-13H2/t24-,25+. The summed E-state index contributed by atoms with van der Waals surface area (Å²) < 4.78 is 53.7. The van der Waals surface area contributed by atoms with Crippen LogP contribution in [0.2, 0.25) is 0 Å². The zero-order valence-electron chi connectivity index (χ0n) is 13.2. The van der Waals surface area contributed by atoms with E-state index in [0.29, 0.717) is 17.0 Å². The fourth-order valence-electron chi connectivity index (χ4n) is 2.66. The highest BCUT2D eigenvalue weighted by Crippen LogP contribution is 2.80. The summed E-state index contributed by atoms with van der Waals surface area (Å²) >= 11 is 0. The normalized spacial score (nSPS) is 30.8. The summed E-state index contributed by atoms with van der Waals surface area (Å²) in [7, 11) is -11.4. The van der Waals surface area contributed by atoms with Gasteiger partial charge in [-0.15, -0.1) is 4.52 Å². The number of halogens is 2. The number of hydrogen-bond acceptors (Lipinski definition) is 5. The Morgan fingerprint density at radius 2 is 1.16 bits per heavy atom. The van der Waals surface area contributed by atoms with Gasteiger partial charge in [-0.3, -0.25) is 0 Å². The number of benzene rings is 2. The zero-order chi connectivity index (χ0) is 17.4. The van der Waals surface area contributed by atoms with Crippen molar-refractivity contribution >= 4 is 33.3 Å². The lowest BCUT2D eigenvalue weighted by molar-refractivity contribution is 0.246. The molecule has 0 unspecified atom stereocenters. The van der Waals surface area contributed by atoms with E-state index in [1.807, 2.05) is 12.1 Å². The fraction of sp³-hybridized carbons (Fsp3) is 0.200. The van der Waals surface area contributed by atoms with Crippen LogP contribution in [-0.2, 0) is 9.05 Å². The Kier molecular flexibility index (Phi) is 4.56. The molecule has 0 amide bonds. The molecule has 0 aromatic heterocycles. The van der Waals surface area contributed by atoms with E-state index in [1.165, 1.54) is 0 Å². The number of nitrogens with zero attached hydrogens (tertiary/aromatic N) is 3. The molecular formula is C15H16F2N3O2P3. The van der Waals surface area contributed by atoms with E-state index in [1.54, 1.807) is 48.5 Å². The quantitative estimate of drug-likeness (QED) is 0.577. The maximum atomic E-state index is 15.4. The first-order chi connectivity index (χ1) is 12.0. The average Bonchev–Trinajstić information content (AvgIpc) is 2.61. The van der Waals surface area contributed by atoms with Crippen molar-refractivity contribution in [1.82, 2.24) is 0 Å². The SMILES string of the molecule is F[P@]12=NP(c3ccccc3)(c3ccccc3)=N[P@](F)(=N1)OCCCO2. The summed E-state index contributed by atoms with van der Waals surface area (Å²) in [5.41, 5.74) is 0. The molecule has 2 bridgehead atoms. The highest BCUT2D eigenvalue weighted by molar-refractivity contribution is 7.89. The first-order valence-corrected chi connectivity index (χ1v) is 12.4. The van der Waals surface area contributed by atoms with Crippen LogP contribution in [0.3, 0.4) is 0 Å². The Labute approximate surface area is 145 Å². The monoisotopic (exact) mass is 401 g/mol. The Hall–Kier alpha value is -1.09. The maximum absolute atomic E-state index is 15.4. The third kappa shape index (κ3) is 3.32. The lowest BCUT2D eigenvalue weighted by Gasteiger charge is -2.30. The Morgan fingerprint density at radius 1 is 0.680 bits per heavy atom. The molecule has 0 saturated carbocycles. The van der Waals surface area contributed by atoms with Crippen LogP contribution >= 0.6 is 22.7 Å². The molecular weight excluding hydrogens is 385 g/mol. The second-order valence-corrected chi connectivity index (χ2v) is 12.3. The number of fused-ring (bicyclic) bond motifs is 1. The summed E-state index contributed by atoms with van der Waals surface area (Å²) in [4.78, 5) is 0. The molecule has 2 heterocycles. The van der Waals surface area contributed by atoms with E-state index >= 15 is 8.39 Å². The van der Waals surface area contributed by atoms with Gasteiger partial charge in [-0.25, -0.2) is 0 Å². The largest absolute Gasteiger partial charge is 0.384 e. The van der Waals surface area contributed by atoms with Crippen LogP contribution in [0.4, 0.5) is 8.39 Å². The van der Waals surface area contributed by atoms with Crippen LogP contribution < -0.4 is 10.6 Å². The minimum atomic E-state index is -4.15. The van der Waals surface area contributed by atoms with Crippen molar-refractivity contribution in [3.05, 3.63) is 60.7 Å². The van der Waals surface area contributed by atoms with Crippen molar-refractivity contribution in [3.63, 3.8) is 0 Å². The van der Waals surface area contributed by atoms with Gasteiger partial charge in [0, 0.05) is 10.6 Å². The molecule has 10 heteroatoms. The molecule has 5 nitrogen and oxygen atoms in total. The van der Waals surface area contributed by atoms with Crippen LogP contribution in [0.15, 0.2) is 74.2 Å². The Bertz CT molecular complexity index is 896. The van der Waals surface area contributed by atoms with Crippen molar-refractivity contribution in [2.45, 2.75) is 6.42 Å². The molecule has 25 heavy (non-hydrogen) atoms. The van der Waals surface area contributed by atoms with Crippen molar-refractivity contribution in [1.29, 1.82) is 0 Å². The molecule has 0 fully saturated rings. The predicted molar refractivity (Wildman–Crippen MR) is 98.9 cm³/mol. The number of rotatable bonds is 2. The minimum Gasteiger partial charge on any atom is -0.303 e. The third-order valence-electron chi connectivity index (χ3n) is 3.73. The average molecular weight is 401 g/mol. The van der Waals surface area contributed by atoms with Gasteiger partial charge in [0.15, 0.2) is 0 Å². The van der Waals surface area contributed by atoms with E-state index in [4.69, 9.17) is 9.05 Å². The fourth-order valence-corrected chi connectivity index (χ4v) is 12.4. The second kappa shape index (κ2) is 6.57. The molecule has 4 rings (SSSR count). The van der Waals surface area contributed by atoms with Crippen molar-refractivity contribution in [3.8, 4) is 0 Å². The molecule has 0 radical (unpaired) electrons. The summed E-state index contributed by atoms with van der Waals surface area (Å²) in [6, 6.07) is 18.1. The van der Waals surface area contributed by atoms with E-state index < -0.39 is 22.7 Å². The zero-order valence-corrected chi connectivity index (χ0v) is 15.8. The highest BCUT2D eigenvalue weighted by Gasteiger charge is 2.42. The van der Waals surface area contributed by atoms with Gasteiger partial charge in [-0.2, -0.15) is 17.4 Å². The lowest BCUT2D eigenvalue weighted by Crippen LogP contribution is -2.16. The minimum absolute atomic E-state index is 0.0981. The lowest BCUT2D eigenvalue weighted by atomic mass is 10.4. The van der Waals surface area contributed by atoms with Crippen LogP contribution in [0.1, 0.15) is 6.42 Å². The van der Waals surface area contributed by atoms with Gasteiger partial charge in [0.1, 0.15) is 7.21 Å². The summed E-state index contributed by atoms with van der Waals surface area (Å²) in [5.74, 6) is 0. The maximum Gasteiger partial charge on any atom is 0.384 e. The van der Waals surface area contributed by atoms with Crippen molar-refractivity contribution < 1.29 is 17.4 Å². The van der Waals surface area contributed by atoms with E-state index in [-0.39, 0.29) is 13.2 Å². The molecule has 2 aromatic rings. The van der Waals surface area contributed by atoms with Crippen LogP contribution in [0, 0.1) is 0 Å². The van der Waals surface area contributed by atoms with Gasteiger partial charge in [0.05, 0.1) is 13.2 Å². The molecule has 2 aliphatic rings. The first-order valence-electron chi connectivity index (χ1n) is 7.75. The summed E-state index contributed by atoms with van der Waals surface area (Å²) in [5, 5.41) is 1.32. The third-order valence-corrected chi connectivity index (χ3v) is 12.4. The van der Waals surface area contributed by atoms with E-state index in [2.05, 4.69) is 13.5 Å². The topological polar surface area (TPSA) is 55.5 Å². The van der Waals surface area contributed by atoms with Gasteiger partial charge in [-0.1, -0.05) is 60.7 Å². The molecule has 2 aromatic carbocycles. The Morgan fingerprint density at radius 3 is 1.68 bits per heavy atom. The molecule has 0 saturated heterocycles. The molecule has 0 N–H and O–H groups in total. The van der Waals surface area contributed by atoms with Crippen molar-refractivity contribution in [2.75, 3.05) is 13.2 Å². The van der Waals surface area contributed by atoms with Gasteiger partial charge in [0.2, 0.25) is 0 Å². The van der Waals surface area contributed by atoms with Crippen LogP contribution in [0.5, 0.6) is 0 Å². The van der Waals surface area contributed by atoms with Crippen LogP contribution in [-0.4, -0.2) is 13.2 Å². The predicted octanol–water partition coefficient (Wildman–Crippen LogP) is 6.04. The van der Waals surface area contributed by atoms with E-state index in [0.717, 1.165) is 0 Å². The van der Waals surface area contributed by atoms with Gasteiger partial charge in [0.25, 0.3) is 0 Å². The number of hydrogen-bond donors (Lipinski definition) is 0. The molecule has 2 aliphatic heterocycles. The van der Waals surface area contributed by atoms with Gasteiger partial charge < -0.3 is 9.05 Å². The van der Waals surface area contributed by atoms with Gasteiger partial charge in [-0.05, 0) is 6.42 Å². The van der Waals surface area contributed by atoms with Crippen molar-refractivity contribution in [2.24, 2.45) is 13.5 Å². The highest BCUT2D eigenvalue weighted by atomic mass is 31.3. The molecule has 0 spiro atoms. The summed E-state index contributed by atoms with van der Waals surface area (Å²) in [6.07, 6.45) is 0.389. The van der Waals surface area contributed by atoms with E-state index in [9.17, 15) is 0 Å². The first kappa shape index (κ1) is 17.3. The Balaban J connectivity index is 2.09. The van der Waals surface area contributed by atoms with Crippen LogP contribution in [0.25, 0.3) is 0 Å². The second-order valence-electron chi connectivity index (χ2n) is 5.51. The molecule has 132 valence electrons. The summed E-state index contributed by atoms with van der Waals surface area (Å²) in [6.45, 7) is 0.196. The van der Waals surface area contributed by atoms with Gasteiger partial charge >= 0.3 is 15.5 Å². The smallest absolute Gasteiger partial charge is 0.303 e. The molecule has 2 atom stereocenters. The molecule has 0 aliphatic carbocycles.